The van der Waals surface area contributed by atoms with Crippen LogP contribution in [-0.2, 0) is 9.53 Å². The monoisotopic (exact) mass is 280 g/mol. The van der Waals surface area contributed by atoms with Crippen molar-refractivity contribution in [2.45, 2.75) is 26.4 Å². The number of carbonyl (C=O) groups is 3. The van der Waals surface area contributed by atoms with Crippen molar-refractivity contribution in [1.82, 2.24) is 0 Å². The van der Waals surface area contributed by atoms with E-state index in [4.69, 9.17) is 9.84 Å². The molecule has 108 valence electrons. The summed E-state index contributed by atoms with van der Waals surface area (Å²) in [6.07, 6.45) is -1.79. The van der Waals surface area contributed by atoms with Crippen LogP contribution < -0.4 is 0 Å². The fourth-order valence-electron chi connectivity index (χ4n) is 1.80. The van der Waals surface area contributed by atoms with E-state index in [1.54, 1.807) is 13.8 Å². The summed E-state index contributed by atoms with van der Waals surface area (Å²) in [5.41, 5.74) is -0.227. The van der Waals surface area contributed by atoms with E-state index in [9.17, 15) is 19.5 Å². The topological polar surface area (TPSA) is 101 Å². The van der Waals surface area contributed by atoms with Gasteiger partial charge in [0.15, 0.2) is 11.9 Å². The van der Waals surface area contributed by atoms with Crippen LogP contribution >= 0.6 is 0 Å². The number of hydrogen-bond donors (Lipinski definition) is 2. The number of aliphatic hydroxyl groups is 1. The van der Waals surface area contributed by atoms with Crippen LogP contribution in [0.25, 0.3) is 0 Å². The summed E-state index contributed by atoms with van der Waals surface area (Å²) in [6, 6.07) is 4.09. The van der Waals surface area contributed by atoms with E-state index >= 15 is 0 Å². The molecule has 6 heteroatoms. The zero-order valence-electron chi connectivity index (χ0n) is 11.3. The predicted octanol–water partition coefficient (Wildman–Crippen LogP) is 1.57. The van der Waals surface area contributed by atoms with Gasteiger partial charge in [-0.25, -0.2) is 9.59 Å². The first-order chi connectivity index (χ1) is 9.43. The number of hydrogen-bond acceptors (Lipinski definition) is 5. The highest BCUT2D eigenvalue weighted by Crippen LogP contribution is 2.24. The average molecular weight is 280 g/mol. The van der Waals surface area contributed by atoms with Gasteiger partial charge >= 0.3 is 11.9 Å². The molecule has 0 fully saturated rings. The van der Waals surface area contributed by atoms with Crippen LogP contribution in [0.2, 0.25) is 0 Å². The largest absolute Gasteiger partial charge is 0.479 e. The standard InChI is InChI=1S/C14H16O6/c1-3-10(15)11-8(12(16)13(17)18)6-5-7-9(11)14(19)20-4-2/h5-7,12,16H,3-4H2,1-2H3,(H,17,18). The number of carboxylic acids is 1. The van der Waals surface area contributed by atoms with Gasteiger partial charge in [-0.2, -0.15) is 0 Å². The molecule has 0 aromatic heterocycles. The molecule has 0 saturated carbocycles. The number of Topliss-reactive ketones (excluding diaryl/α,β-unsaturated/α-hetero) is 1. The summed E-state index contributed by atoms with van der Waals surface area (Å²) in [6.45, 7) is 3.33. The molecule has 1 aromatic carbocycles. The van der Waals surface area contributed by atoms with Crippen molar-refractivity contribution in [2.75, 3.05) is 6.61 Å². The SMILES string of the molecule is CCOC(=O)c1cccc(C(O)C(=O)O)c1C(=O)CC. The molecule has 0 radical (unpaired) electrons. The van der Waals surface area contributed by atoms with Crippen molar-refractivity contribution < 1.29 is 29.3 Å². The molecule has 6 nitrogen and oxygen atoms in total. The summed E-state index contributed by atoms with van der Waals surface area (Å²) < 4.78 is 4.84. The van der Waals surface area contributed by atoms with Gasteiger partial charge in [0.1, 0.15) is 0 Å². The third-order valence-electron chi connectivity index (χ3n) is 2.72. The Kier molecular flexibility index (Phi) is 5.40. The molecule has 0 heterocycles. The van der Waals surface area contributed by atoms with E-state index < -0.39 is 23.8 Å². The maximum Gasteiger partial charge on any atom is 0.338 e. The Bertz CT molecular complexity index is 534. The second kappa shape index (κ2) is 6.81. The highest BCUT2D eigenvalue weighted by atomic mass is 16.5. The highest BCUT2D eigenvalue weighted by molar-refractivity contribution is 6.08. The molecule has 2 N–H and O–H groups in total. The number of benzene rings is 1. The van der Waals surface area contributed by atoms with Crippen LogP contribution in [0.4, 0.5) is 0 Å². The van der Waals surface area contributed by atoms with Crippen LogP contribution in [0, 0.1) is 0 Å². The van der Waals surface area contributed by atoms with Gasteiger partial charge in [0, 0.05) is 17.5 Å². The van der Waals surface area contributed by atoms with Crippen molar-refractivity contribution >= 4 is 17.7 Å². The number of carboxylic acid groups (broad SMARTS) is 1. The number of aliphatic hydroxyl groups excluding tert-OH is 1. The van der Waals surface area contributed by atoms with Gasteiger partial charge in [0.05, 0.1) is 12.2 Å². The molecule has 0 saturated heterocycles. The number of ether oxygens (including phenoxy) is 1. The molecule has 0 aliphatic carbocycles. The normalized spacial score (nSPS) is 11.8. The van der Waals surface area contributed by atoms with Crippen molar-refractivity contribution in [3.8, 4) is 0 Å². The lowest BCUT2D eigenvalue weighted by Gasteiger charge is -2.14. The predicted molar refractivity (Wildman–Crippen MR) is 69.6 cm³/mol. The third kappa shape index (κ3) is 3.21. The summed E-state index contributed by atoms with van der Waals surface area (Å²) in [5.74, 6) is -2.64. The molecule has 1 rings (SSSR count). The number of ketones is 1. The van der Waals surface area contributed by atoms with E-state index in [1.807, 2.05) is 0 Å². The molecular formula is C14H16O6. The van der Waals surface area contributed by atoms with Crippen LogP contribution in [0.3, 0.4) is 0 Å². The van der Waals surface area contributed by atoms with Gasteiger partial charge in [-0.15, -0.1) is 0 Å². The fraction of sp³-hybridized carbons (Fsp3) is 0.357. The molecule has 0 spiro atoms. The second-order valence-electron chi connectivity index (χ2n) is 4.01. The van der Waals surface area contributed by atoms with Crippen LogP contribution in [-0.4, -0.2) is 34.5 Å². The van der Waals surface area contributed by atoms with Gasteiger partial charge in [0.2, 0.25) is 0 Å². The quantitative estimate of drug-likeness (QED) is 0.606. The molecule has 20 heavy (non-hydrogen) atoms. The van der Waals surface area contributed by atoms with E-state index in [-0.39, 0.29) is 29.7 Å². The Morgan fingerprint density at radius 3 is 2.40 bits per heavy atom. The van der Waals surface area contributed by atoms with Crippen molar-refractivity contribution in [3.05, 3.63) is 34.9 Å². The Morgan fingerprint density at radius 1 is 1.25 bits per heavy atom. The van der Waals surface area contributed by atoms with Crippen LogP contribution in [0.15, 0.2) is 18.2 Å². The van der Waals surface area contributed by atoms with E-state index in [0.29, 0.717) is 0 Å². The highest BCUT2D eigenvalue weighted by Gasteiger charge is 2.27. The van der Waals surface area contributed by atoms with Crippen LogP contribution in [0.5, 0.6) is 0 Å². The maximum absolute atomic E-state index is 12.0. The van der Waals surface area contributed by atoms with E-state index in [0.717, 1.165) is 0 Å². The van der Waals surface area contributed by atoms with Gasteiger partial charge in [-0.05, 0) is 13.0 Å². The number of rotatable bonds is 6. The molecule has 0 aliphatic rings. The lowest BCUT2D eigenvalue weighted by molar-refractivity contribution is -0.146. The third-order valence-corrected chi connectivity index (χ3v) is 2.72. The number of aliphatic carboxylic acids is 1. The van der Waals surface area contributed by atoms with Crippen molar-refractivity contribution in [3.63, 3.8) is 0 Å². The van der Waals surface area contributed by atoms with Gasteiger partial charge in [-0.1, -0.05) is 19.1 Å². The fourth-order valence-corrected chi connectivity index (χ4v) is 1.80. The smallest absolute Gasteiger partial charge is 0.338 e. The lowest BCUT2D eigenvalue weighted by Crippen LogP contribution is -2.19. The number of carbonyl (C=O) groups excluding carboxylic acids is 2. The first-order valence-corrected chi connectivity index (χ1v) is 6.18. The molecule has 0 amide bonds. The van der Waals surface area contributed by atoms with Crippen molar-refractivity contribution in [2.24, 2.45) is 0 Å². The number of esters is 1. The minimum atomic E-state index is -1.87. The zero-order valence-corrected chi connectivity index (χ0v) is 11.3. The first kappa shape index (κ1) is 15.8. The molecule has 1 unspecified atom stereocenters. The summed E-state index contributed by atoms with van der Waals surface area (Å²) in [7, 11) is 0. The van der Waals surface area contributed by atoms with Gasteiger partial charge < -0.3 is 14.9 Å². The molecule has 0 bridgehead atoms. The summed E-state index contributed by atoms with van der Waals surface area (Å²) in [5, 5.41) is 18.5. The van der Waals surface area contributed by atoms with Crippen LogP contribution in [0.1, 0.15) is 52.7 Å². The Balaban J connectivity index is 3.46. The Hall–Kier alpha value is -2.21. The minimum absolute atomic E-state index is 0.0310. The molecule has 1 atom stereocenters. The lowest BCUT2D eigenvalue weighted by atomic mass is 9.93. The maximum atomic E-state index is 12.0. The van der Waals surface area contributed by atoms with Gasteiger partial charge in [0.25, 0.3) is 0 Å². The van der Waals surface area contributed by atoms with E-state index in [1.165, 1.54) is 18.2 Å². The molecule has 0 aliphatic heterocycles. The summed E-state index contributed by atoms with van der Waals surface area (Å²) >= 11 is 0. The molecular weight excluding hydrogens is 264 g/mol. The summed E-state index contributed by atoms with van der Waals surface area (Å²) in [4.78, 5) is 34.7. The Morgan fingerprint density at radius 2 is 1.90 bits per heavy atom. The Labute approximate surface area is 116 Å². The first-order valence-electron chi connectivity index (χ1n) is 6.18. The van der Waals surface area contributed by atoms with E-state index in [2.05, 4.69) is 0 Å². The van der Waals surface area contributed by atoms with Gasteiger partial charge in [-0.3, -0.25) is 4.79 Å². The zero-order chi connectivity index (χ0) is 15.3. The second-order valence-corrected chi connectivity index (χ2v) is 4.01. The minimum Gasteiger partial charge on any atom is -0.479 e. The average Bonchev–Trinajstić information content (AvgIpc) is 2.44. The molecule has 1 aromatic rings. The van der Waals surface area contributed by atoms with Crippen molar-refractivity contribution in [1.29, 1.82) is 0 Å².